The van der Waals surface area contributed by atoms with E-state index in [0.717, 1.165) is 48.9 Å². The van der Waals surface area contributed by atoms with Crippen molar-refractivity contribution in [3.8, 4) is 0 Å². The minimum Gasteiger partial charge on any atom is -0.456 e. The highest BCUT2D eigenvalue weighted by Crippen LogP contribution is 2.31. The number of imidazole rings is 1. The first-order valence-electron chi connectivity index (χ1n) is 9.50. The van der Waals surface area contributed by atoms with E-state index in [-0.39, 0.29) is 0 Å². The van der Waals surface area contributed by atoms with Crippen molar-refractivity contribution in [2.45, 2.75) is 10.2 Å². The van der Waals surface area contributed by atoms with E-state index in [2.05, 4.69) is 21.0 Å². The number of nitrogens with one attached hydrogen (secondary N) is 1. The van der Waals surface area contributed by atoms with Crippen LogP contribution in [0.5, 0.6) is 0 Å². The minimum absolute atomic E-state index is 0.679. The first kappa shape index (κ1) is 17.1. The van der Waals surface area contributed by atoms with Crippen LogP contribution in [0.1, 0.15) is 5.76 Å². The van der Waals surface area contributed by atoms with Gasteiger partial charge in [-0.2, -0.15) is 0 Å². The first-order chi connectivity index (χ1) is 14.8. The number of hydrogen-bond acceptors (Lipinski definition) is 5. The number of aliphatic imine (C=N–C) groups is 1. The lowest BCUT2D eigenvalue weighted by Crippen LogP contribution is -1.75. The van der Waals surface area contributed by atoms with Crippen LogP contribution in [0.15, 0.2) is 103 Å². The van der Waals surface area contributed by atoms with E-state index in [1.165, 1.54) is 11.8 Å². The molecule has 0 unspecified atom stereocenters. The summed E-state index contributed by atoms with van der Waals surface area (Å²) >= 11 is 1.45. The number of aromatic amines is 1. The van der Waals surface area contributed by atoms with Crippen molar-refractivity contribution in [2.24, 2.45) is 4.99 Å². The maximum atomic E-state index is 5.93. The molecule has 144 valence electrons. The molecule has 0 bridgehead atoms. The monoisotopic (exact) mass is 409 g/mol. The van der Waals surface area contributed by atoms with Crippen molar-refractivity contribution in [1.29, 1.82) is 0 Å². The van der Waals surface area contributed by atoms with Crippen LogP contribution < -0.4 is 0 Å². The van der Waals surface area contributed by atoms with E-state index in [1.807, 2.05) is 72.8 Å². The Morgan fingerprint density at radius 3 is 2.67 bits per heavy atom. The third-order valence-electron chi connectivity index (χ3n) is 4.87. The Morgan fingerprint density at radius 1 is 0.833 bits per heavy atom. The quantitative estimate of drug-likeness (QED) is 0.320. The second-order valence-corrected chi connectivity index (χ2v) is 7.85. The highest BCUT2D eigenvalue weighted by Gasteiger charge is 2.08. The zero-order valence-corrected chi connectivity index (χ0v) is 16.5. The summed E-state index contributed by atoms with van der Waals surface area (Å²) in [5, 5.41) is 3.75. The van der Waals surface area contributed by atoms with Crippen LogP contribution in [0.2, 0.25) is 0 Å². The number of nitrogens with zero attached hydrogens (tertiary/aromatic N) is 2. The van der Waals surface area contributed by atoms with Crippen LogP contribution in [-0.2, 0) is 0 Å². The van der Waals surface area contributed by atoms with E-state index in [4.69, 9.17) is 8.83 Å². The lowest BCUT2D eigenvalue weighted by Gasteiger charge is -1.94. The summed E-state index contributed by atoms with van der Waals surface area (Å²) < 4.78 is 11.8. The van der Waals surface area contributed by atoms with Crippen molar-refractivity contribution in [1.82, 2.24) is 9.97 Å². The van der Waals surface area contributed by atoms with Crippen LogP contribution in [0.4, 0.5) is 5.69 Å². The SMILES string of the molecule is C(=Nc1ccc2c(c1)oc1ccccc12)c1ccc(Sc2nc3ccccc3[nH]2)o1. The number of para-hydroxylation sites is 3. The molecule has 0 radical (unpaired) electrons. The van der Waals surface area contributed by atoms with E-state index >= 15 is 0 Å². The summed E-state index contributed by atoms with van der Waals surface area (Å²) in [5.41, 5.74) is 4.46. The average Bonchev–Trinajstić information content (AvgIpc) is 3.48. The highest BCUT2D eigenvalue weighted by atomic mass is 32.2. The zero-order valence-electron chi connectivity index (χ0n) is 15.7. The average molecular weight is 409 g/mol. The Morgan fingerprint density at radius 2 is 1.70 bits per heavy atom. The molecular formula is C24H15N3O2S. The summed E-state index contributed by atoms with van der Waals surface area (Å²) in [6.07, 6.45) is 1.71. The first-order valence-corrected chi connectivity index (χ1v) is 10.3. The van der Waals surface area contributed by atoms with Gasteiger partial charge >= 0.3 is 0 Å². The largest absolute Gasteiger partial charge is 0.456 e. The summed E-state index contributed by atoms with van der Waals surface area (Å²) in [6.45, 7) is 0. The van der Waals surface area contributed by atoms with Crippen LogP contribution in [0.3, 0.4) is 0 Å². The molecule has 0 saturated carbocycles. The van der Waals surface area contributed by atoms with Gasteiger partial charge in [-0.1, -0.05) is 30.3 Å². The number of furan rings is 2. The molecule has 3 heterocycles. The molecule has 5 nitrogen and oxygen atoms in total. The van der Waals surface area contributed by atoms with Crippen molar-refractivity contribution in [2.75, 3.05) is 0 Å². The molecule has 6 heteroatoms. The Bertz CT molecular complexity index is 1510. The Balaban J connectivity index is 1.23. The van der Waals surface area contributed by atoms with Crippen LogP contribution >= 0.6 is 11.8 Å². The van der Waals surface area contributed by atoms with Gasteiger partial charge in [0.1, 0.15) is 16.9 Å². The molecule has 0 amide bonds. The number of rotatable bonds is 4. The molecule has 0 aliphatic carbocycles. The van der Waals surface area contributed by atoms with Crippen LogP contribution in [0.25, 0.3) is 33.0 Å². The van der Waals surface area contributed by atoms with Crippen molar-refractivity contribution in [3.05, 3.63) is 84.6 Å². The second-order valence-electron chi connectivity index (χ2n) is 6.85. The summed E-state index contributed by atoms with van der Waals surface area (Å²) in [6, 6.07) is 25.8. The molecule has 3 aromatic heterocycles. The molecule has 1 N–H and O–H groups in total. The topological polar surface area (TPSA) is 67.3 Å². The maximum Gasteiger partial charge on any atom is 0.174 e. The molecule has 0 aliphatic heterocycles. The number of hydrogen-bond donors (Lipinski definition) is 1. The molecule has 3 aromatic carbocycles. The Kier molecular flexibility index (Phi) is 3.95. The standard InChI is InChI=1S/C24H15N3O2S/c1-4-8-21-17(5-1)18-11-9-15(13-22(18)29-21)25-14-16-10-12-23(28-16)30-24-26-19-6-2-3-7-20(19)27-24/h1-14H,(H,26,27). The summed E-state index contributed by atoms with van der Waals surface area (Å²) in [4.78, 5) is 12.4. The molecule has 0 spiro atoms. The van der Waals surface area contributed by atoms with Gasteiger partial charge < -0.3 is 13.8 Å². The number of H-pyrrole nitrogens is 1. The lowest BCUT2D eigenvalue weighted by molar-refractivity contribution is 0.468. The van der Waals surface area contributed by atoms with Crippen molar-refractivity contribution in [3.63, 3.8) is 0 Å². The van der Waals surface area contributed by atoms with Crippen LogP contribution in [-0.4, -0.2) is 16.2 Å². The summed E-state index contributed by atoms with van der Waals surface area (Å²) in [5.74, 6) is 0.679. The van der Waals surface area contributed by atoms with Crippen molar-refractivity contribution >= 4 is 56.6 Å². The molecule has 0 fully saturated rings. The highest BCUT2D eigenvalue weighted by molar-refractivity contribution is 7.99. The lowest BCUT2D eigenvalue weighted by atomic mass is 10.1. The Hall–Kier alpha value is -3.77. The van der Waals surface area contributed by atoms with Gasteiger partial charge in [0.2, 0.25) is 0 Å². The van der Waals surface area contributed by atoms with Gasteiger partial charge in [-0.15, -0.1) is 0 Å². The number of fused-ring (bicyclic) bond motifs is 4. The molecule has 0 aliphatic rings. The smallest absolute Gasteiger partial charge is 0.174 e. The molecule has 0 atom stereocenters. The number of aromatic nitrogens is 2. The second kappa shape index (κ2) is 6.93. The molecule has 0 saturated heterocycles. The third-order valence-corrected chi connectivity index (χ3v) is 5.68. The van der Waals surface area contributed by atoms with Gasteiger partial charge in [-0.05, 0) is 54.2 Å². The normalized spacial score (nSPS) is 12.0. The zero-order chi connectivity index (χ0) is 19.9. The molecule has 30 heavy (non-hydrogen) atoms. The molecule has 6 aromatic rings. The predicted octanol–water partition coefficient (Wildman–Crippen LogP) is 6.96. The van der Waals surface area contributed by atoms with Gasteiger partial charge in [0.05, 0.1) is 22.9 Å². The van der Waals surface area contributed by atoms with E-state index in [0.29, 0.717) is 5.76 Å². The summed E-state index contributed by atoms with van der Waals surface area (Å²) in [7, 11) is 0. The van der Waals surface area contributed by atoms with Gasteiger partial charge in [0.25, 0.3) is 0 Å². The minimum atomic E-state index is 0.679. The predicted molar refractivity (Wildman–Crippen MR) is 120 cm³/mol. The van der Waals surface area contributed by atoms with E-state index < -0.39 is 0 Å². The fourth-order valence-electron chi connectivity index (χ4n) is 3.46. The van der Waals surface area contributed by atoms with Gasteiger partial charge in [0, 0.05) is 16.8 Å². The van der Waals surface area contributed by atoms with Gasteiger partial charge in [-0.25, -0.2) is 4.98 Å². The Labute approximate surface area is 175 Å². The van der Waals surface area contributed by atoms with E-state index in [9.17, 15) is 0 Å². The van der Waals surface area contributed by atoms with Gasteiger partial charge in [0.15, 0.2) is 10.2 Å². The maximum absolute atomic E-state index is 5.93. The van der Waals surface area contributed by atoms with Crippen LogP contribution in [0, 0.1) is 0 Å². The van der Waals surface area contributed by atoms with Gasteiger partial charge in [-0.3, -0.25) is 4.99 Å². The number of benzene rings is 3. The third kappa shape index (κ3) is 3.07. The fourth-order valence-corrected chi connectivity index (χ4v) is 4.23. The molecule has 6 rings (SSSR count). The fraction of sp³-hybridized carbons (Fsp3) is 0. The molecular weight excluding hydrogens is 394 g/mol. The van der Waals surface area contributed by atoms with Crippen molar-refractivity contribution < 1.29 is 8.83 Å². The van der Waals surface area contributed by atoms with E-state index in [1.54, 1.807) is 6.21 Å².